The van der Waals surface area contributed by atoms with E-state index in [0.29, 0.717) is 0 Å². The maximum atomic E-state index is 4.98. The third-order valence-corrected chi connectivity index (χ3v) is 11.7. The van der Waals surface area contributed by atoms with Crippen LogP contribution in [0.25, 0.3) is 110 Å². The highest BCUT2D eigenvalue weighted by molar-refractivity contribution is 6.13. The van der Waals surface area contributed by atoms with Crippen LogP contribution in [0.4, 0.5) is 0 Å². The minimum atomic E-state index is 0.968. The van der Waals surface area contributed by atoms with Crippen molar-refractivity contribution < 1.29 is 0 Å². The molecule has 0 amide bonds. The minimum Gasteiger partial charge on any atom is -0.355 e. The van der Waals surface area contributed by atoms with Crippen molar-refractivity contribution in [3.8, 4) is 44.9 Å². The molecule has 4 aromatic heterocycles. The number of rotatable bonds is 5. The standard InChI is InChI=1S/C53H34N4/c1-2-13-34(14-3-1)38-19-12-30-54-53(38)42-18-7-11-23-51(42)57-50-22-10-6-17-41(50)45-32-36(25-29-52(45)57)35-24-27-46-43(31-35)44-33-37(26-28-47(44)55-46)56-48-20-8-4-15-39(48)40-16-5-9-21-49(40)56/h1-33,55H. The second-order valence-electron chi connectivity index (χ2n) is 14.9. The van der Waals surface area contributed by atoms with E-state index < -0.39 is 0 Å². The fraction of sp³-hybridized carbons (Fsp3) is 0. The molecule has 0 spiro atoms. The Hall–Kier alpha value is -7.69. The largest absolute Gasteiger partial charge is 0.355 e. The Bertz CT molecular complexity index is 3470. The number of hydrogen-bond acceptors (Lipinski definition) is 1. The van der Waals surface area contributed by atoms with E-state index in [4.69, 9.17) is 4.98 Å². The van der Waals surface area contributed by atoms with Crippen LogP contribution < -0.4 is 0 Å². The Morgan fingerprint density at radius 3 is 1.65 bits per heavy atom. The van der Waals surface area contributed by atoms with Gasteiger partial charge in [0.1, 0.15) is 0 Å². The molecule has 0 aliphatic carbocycles. The van der Waals surface area contributed by atoms with Gasteiger partial charge in [0.25, 0.3) is 0 Å². The van der Waals surface area contributed by atoms with Gasteiger partial charge in [0.15, 0.2) is 0 Å². The molecule has 0 saturated carbocycles. The molecule has 12 aromatic rings. The molecule has 1 N–H and O–H groups in total. The maximum Gasteiger partial charge on any atom is 0.0801 e. The summed E-state index contributed by atoms with van der Waals surface area (Å²) in [5.41, 5.74) is 16.0. The molecule has 0 saturated heterocycles. The minimum absolute atomic E-state index is 0.968. The SMILES string of the molecule is c1ccc(-c2cccnc2-c2ccccc2-n2c3ccccc3c3cc(-c4ccc5[nH]c6ccc(-n7c8ccccc8c8ccccc87)cc6c5c4)ccc32)cc1. The average molecular weight is 727 g/mol. The smallest absolute Gasteiger partial charge is 0.0801 e. The van der Waals surface area contributed by atoms with Crippen molar-refractivity contribution in [2.24, 2.45) is 0 Å². The van der Waals surface area contributed by atoms with Crippen molar-refractivity contribution in [1.29, 1.82) is 0 Å². The molecule has 0 aliphatic heterocycles. The number of pyridine rings is 1. The van der Waals surface area contributed by atoms with Crippen LogP contribution in [0.1, 0.15) is 0 Å². The van der Waals surface area contributed by atoms with E-state index in [2.05, 4.69) is 202 Å². The topological polar surface area (TPSA) is 38.5 Å². The Balaban J connectivity index is 1.01. The highest BCUT2D eigenvalue weighted by Gasteiger charge is 2.19. The van der Waals surface area contributed by atoms with Crippen LogP contribution in [-0.2, 0) is 0 Å². The second-order valence-corrected chi connectivity index (χ2v) is 14.9. The summed E-state index contributed by atoms with van der Waals surface area (Å²) in [4.78, 5) is 8.68. The predicted octanol–water partition coefficient (Wildman–Crippen LogP) is 13.9. The Kier molecular flexibility index (Phi) is 6.89. The van der Waals surface area contributed by atoms with Crippen molar-refractivity contribution >= 4 is 65.4 Å². The van der Waals surface area contributed by atoms with Crippen molar-refractivity contribution in [2.75, 3.05) is 0 Å². The molecular weight excluding hydrogens is 693 g/mol. The summed E-state index contributed by atoms with van der Waals surface area (Å²) >= 11 is 0. The van der Waals surface area contributed by atoms with Gasteiger partial charge in [-0.05, 0) is 89.5 Å². The van der Waals surface area contributed by atoms with E-state index in [1.807, 2.05) is 12.3 Å². The number of para-hydroxylation sites is 4. The number of H-pyrrole nitrogens is 1. The van der Waals surface area contributed by atoms with Crippen LogP contribution in [0.2, 0.25) is 0 Å². The third kappa shape index (κ3) is 4.84. The molecule has 4 heterocycles. The first kappa shape index (κ1) is 31.6. The lowest BCUT2D eigenvalue weighted by atomic mass is 9.98. The molecule has 0 fully saturated rings. The van der Waals surface area contributed by atoms with Crippen LogP contribution in [0.5, 0.6) is 0 Å². The number of fused-ring (bicyclic) bond motifs is 9. The zero-order valence-electron chi connectivity index (χ0n) is 30.9. The number of aromatic nitrogens is 4. The van der Waals surface area contributed by atoms with Gasteiger partial charge in [-0.1, -0.05) is 121 Å². The molecule has 0 unspecified atom stereocenters. The van der Waals surface area contributed by atoms with Crippen molar-refractivity contribution in [3.05, 3.63) is 200 Å². The second kappa shape index (κ2) is 12.4. The summed E-state index contributed by atoms with van der Waals surface area (Å²) in [6, 6.07) is 70.1. The van der Waals surface area contributed by atoms with Gasteiger partial charge in [0, 0.05) is 66.4 Å². The van der Waals surface area contributed by atoms with Gasteiger partial charge in [0.2, 0.25) is 0 Å². The van der Waals surface area contributed by atoms with Gasteiger partial charge >= 0.3 is 0 Å². The zero-order valence-corrected chi connectivity index (χ0v) is 30.9. The van der Waals surface area contributed by atoms with Crippen LogP contribution in [0.3, 0.4) is 0 Å². The molecule has 266 valence electrons. The highest BCUT2D eigenvalue weighted by atomic mass is 15.0. The molecule has 12 rings (SSSR count). The molecule has 4 nitrogen and oxygen atoms in total. The van der Waals surface area contributed by atoms with E-state index >= 15 is 0 Å². The molecule has 0 aliphatic rings. The summed E-state index contributed by atoms with van der Waals surface area (Å²) in [6.07, 6.45) is 1.90. The Morgan fingerprint density at radius 2 is 0.895 bits per heavy atom. The van der Waals surface area contributed by atoms with Gasteiger partial charge in [-0.15, -0.1) is 0 Å². The summed E-state index contributed by atoms with van der Waals surface area (Å²) < 4.78 is 4.80. The van der Waals surface area contributed by atoms with E-state index in [9.17, 15) is 0 Å². The molecule has 8 aromatic carbocycles. The average Bonchev–Trinajstić information content (AvgIpc) is 3.93. The lowest BCUT2D eigenvalue weighted by Crippen LogP contribution is -1.99. The molecule has 4 heteroatoms. The first-order valence-electron chi connectivity index (χ1n) is 19.5. The molecule has 0 radical (unpaired) electrons. The van der Waals surface area contributed by atoms with E-state index in [0.717, 1.165) is 50.3 Å². The van der Waals surface area contributed by atoms with Crippen molar-refractivity contribution in [3.63, 3.8) is 0 Å². The molecule has 57 heavy (non-hydrogen) atoms. The van der Waals surface area contributed by atoms with Crippen LogP contribution in [0.15, 0.2) is 200 Å². The van der Waals surface area contributed by atoms with Gasteiger partial charge in [-0.2, -0.15) is 0 Å². The van der Waals surface area contributed by atoms with Crippen molar-refractivity contribution in [2.45, 2.75) is 0 Å². The third-order valence-electron chi connectivity index (χ3n) is 11.7. The van der Waals surface area contributed by atoms with Crippen molar-refractivity contribution in [1.82, 2.24) is 19.1 Å². The van der Waals surface area contributed by atoms with E-state index in [-0.39, 0.29) is 0 Å². The monoisotopic (exact) mass is 726 g/mol. The number of aromatic amines is 1. The molecular formula is C53H34N4. The summed E-state index contributed by atoms with van der Waals surface area (Å²) in [5, 5.41) is 7.40. The quantitative estimate of drug-likeness (QED) is 0.188. The van der Waals surface area contributed by atoms with Gasteiger partial charge in [0.05, 0.1) is 33.4 Å². The number of benzene rings is 8. The zero-order chi connectivity index (χ0) is 37.5. The summed E-state index contributed by atoms with van der Waals surface area (Å²) in [7, 11) is 0. The fourth-order valence-electron chi connectivity index (χ4n) is 9.16. The lowest BCUT2D eigenvalue weighted by Gasteiger charge is -2.16. The Labute approximate surface area is 328 Å². The highest BCUT2D eigenvalue weighted by Crippen LogP contribution is 2.41. The van der Waals surface area contributed by atoms with Gasteiger partial charge in [-0.3, -0.25) is 4.98 Å². The van der Waals surface area contributed by atoms with Crippen LogP contribution in [0, 0.1) is 0 Å². The fourth-order valence-corrected chi connectivity index (χ4v) is 9.16. The van der Waals surface area contributed by atoms with Crippen LogP contribution in [-0.4, -0.2) is 19.1 Å². The maximum absolute atomic E-state index is 4.98. The lowest BCUT2D eigenvalue weighted by molar-refractivity contribution is 1.17. The number of nitrogens with zero attached hydrogens (tertiary/aromatic N) is 3. The molecule has 0 atom stereocenters. The number of nitrogens with one attached hydrogen (secondary N) is 1. The summed E-state index contributed by atoms with van der Waals surface area (Å²) in [6.45, 7) is 0. The number of hydrogen-bond donors (Lipinski definition) is 1. The van der Waals surface area contributed by atoms with Crippen LogP contribution >= 0.6 is 0 Å². The predicted molar refractivity (Wildman–Crippen MR) is 239 cm³/mol. The first-order chi connectivity index (χ1) is 28.3. The Morgan fingerprint density at radius 1 is 0.351 bits per heavy atom. The normalized spacial score (nSPS) is 11.9. The first-order valence-corrected chi connectivity index (χ1v) is 19.5. The van der Waals surface area contributed by atoms with Gasteiger partial charge in [-0.25, -0.2) is 0 Å². The van der Waals surface area contributed by atoms with E-state index in [1.165, 1.54) is 60.0 Å². The van der Waals surface area contributed by atoms with E-state index in [1.54, 1.807) is 0 Å². The van der Waals surface area contributed by atoms with Gasteiger partial charge < -0.3 is 14.1 Å². The molecule has 0 bridgehead atoms. The summed E-state index contributed by atoms with van der Waals surface area (Å²) in [5.74, 6) is 0.